The largest absolute Gasteiger partial charge is 0.497 e. The first-order valence-corrected chi connectivity index (χ1v) is 13.8. The molecule has 1 aromatic heterocycles. The van der Waals surface area contributed by atoms with Gasteiger partial charge in [0.15, 0.2) is 17.3 Å². The number of rotatable bonds is 12. The predicted octanol–water partition coefficient (Wildman–Crippen LogP) is 6.25. The van der Waals surface area contributed by atoms with Crippen molar-refractivity contribution in [2.75, 3.05) is 14.2 Å². The molecule has 0 amide bonds. The van der Waals surface area contributed by atoms with Gasteiger partial charge in [0.05, 0.1) is 43.7 Å². The summed E-state index contributed by atoms with van der Waals surface area (Å²) in [4.78, 5) is 26.9. The second kappa shape index (κ2) is 12.8. The van der Waals surface area contributed by atoms with E-state index in [1.807, 2.05) is 27.7 Å². The van der Waals surface area contributed by atoms with Gasteiger partial charge in [0.1, 0.15) is 16.8 Å². The smallest absolute Gasteiger partial charge is 0.336 e. The third-order valence-corrected chi connectivity index (χ3v) is 6.64. The second-order valence-corrected chi connectivity index (χ2v) is 10.3. The number of carbonyl (C=O) groups excluding carboxylic acids is 1. The van der Waals surface area contributed by atoms with Crippen molar-refractivity contribution in [3.63, 3.8) is 0 Å². The molecule has 1 heterocycles. The van der Waals surface area contributed by atoms with Crippen LogP contribution >= 0.6 is 11.7 Å². The van der Waals surface area contributed by atoms with Crippen LogP contribution in [0.5, 0.6) is 23.0 Å². The van der Waals surface area contributed by atoms with E-state index in [2.05, 4.69) is 8.75 Å². The zero-order valence-corrected chi connectivity index (χ0v) is 24.6. The lowest BCUT2D eigenvalue weighted by Gasteiger charge is -2.21. The van der Waals surface area contributed by atoms with Crippen LogP contribution in [0.4, 0.5) is 0 Å². The van der Waals surface area contributed by atoms with E-state index >= 15 is 0 Å². The van der Waals surface area contributed by atoms with Gasteiger partial charge >= 0.3 is 5.97 Å². The van der Waals surface area contributed by atoms with Gasteiger partial charge in [-0.15, -0.1) is 0 Å². The maximum atomic E-state index is 14.0. The van der Waals surface area contributed by atoms with E-state index in [0.29, 0.717) is 50.7 Å². The number of aromatic nitrogens is 2. The molecular weight excluding hydrogens is 544 g/mol. The van der Waals surface area contributed by atoms with Crippen LogP contribution < -0.4 is 18.9 Å². The summed E-state index contributed by atoms with van der Waals surface area (Å²) in [6, 6.07) is 15.0. The number of hydrogen-bond donors (Lipinski definition) is 1. The molecule has 4 rings (SSSR count). The molecule has 9 nitrogen and oxygen atoms in total. The molecule has 0 fully saturated rings. The van der Waals surface area contributed by atoms with Crippen LogP contribution in [0.3, 0.4) is 0 Å². The summed E-state index contributed by atoms with van der Waals surface area (Å²) in [6.07, 6.45) is -0.342. The van der Waals surface area contributed by atoms with Crippen LogP contribution in [-0.4, -0.2) is 52.0 Å². The highest BCUT2D eigenvalue weighted by atomic mass is 32.1. The summed E-state index contributed by atoms with van der Waals surface area (Å²) in [7, 11) is 3.05. The lowest BCUT2D eigenvalue weighted by atomic mass is 9.89. The van der Waals surface area contributed by atoms with Gasteiger partial charge in [-0.25, -0.2) is 4.79 Å². The fourth-order valence-corrected chi connectivity index (χ4v) is 4.86. The monoisotopic (exact) mass is 576 g/mol. The lowest BCUT2D eigenvalue weighted by Crippen LogP contribution is -2.15. The molecule has 0 aliphatic rings. The Bertz CT molecular complexity index is 1590. The molecule has 0 saturated carbocycles. The number of ketones is 1. The summed E-state index contributed by atoms with van der Waals surface area (Å²) in [5.74, 6) is 0.185. The van der Waals surface area contributed by atoms with Crippen LogP contribution in [0.25, 0.3) is 16.6 Å². The maximum absolute atomic E-state index is 14.0. The average molecular weight is 577 g/mol. The van der Waals surface area contributed by atoms with E-state index in [-0.39, 0.29) is 29.8 Å². The van der Waals surface area contributed by atoms with E-state index in [1.165, 1.54) is 14.2 Å². The number of carbonyl (C=O) groups is 2. The zero-order valence-electron chi connectivity index (χ0n) is 23.8. The van der Waals surface area contributed by atoms with E-state index in [9.17, 15) is 14.7 Å². The maximum Gasteiger partial charge on any atom is 0.336 e. The first-order chi connectivity index (χ1) is 19.6. The van der Waals surface area contributed by atoms with Crippen molar-refractivity contribution in [1.82, 2.24) is 8.75 Å². The Hall–Kier alpha value is -4.44. The number of nitrogens with zero attached hydrogens (tertiary/aromatic N) is 2. The Balaban J connectivity index is 1.93. The van der Waals surface area contributed by atoms with Crippen LogP contribution in [0.1, 0.15) is 49.2 Å². The minimum absolute atomic E-state index is 0.0212. The van der Waals surface area contributed by atoms with Gasteiger partial charge in [0.2, 0.25) is 5.75 Å². The first kappa shape index (κ1) is 29.5. The van der Waals surface area contributed by atoms with Gasteiger partial charge in [-0.05, 0) is 87.4 Å². The van der Waals surface area contributed by atoms with Crippen LogP contribution in [0, 0.1) is 0 Å². The molecule has 4 aromatic rings. The van der Waals surface area contributed by atoms with E-state index < -0.39 is 11.8 Å². The third kappa shape index (κ3) is 6.83. The second-order valence-electron chi connectivity index (χ2n) is 9.82. The fourth-order valence-electron chi connectivity index (χ4n) is 4.35. The van der Waals surface area contributed by atoms with Crippen molar-refractivity contribution in [2.45, 2.75) is 46.3 Å². The van der Waals surface area contributed by atoms with Crippen molar-refractivity contribution in [3.05, 3.63) is 76.9 Å². The van der Waals surface area contributed by atoms with E-state index in [0.717, 1.165) is 11.7 Å². The van der Waals surface area contributed by atoms with Gasteiger partial charge in [0, 0.05) is 17.6 Å². The lowest BCUT2D eigenvalue weighted by molar-refractivity contribution is -0.130. The number of benzene rings is 3. The molecule has 41 heavy (non-hydrogen) atoms. The molecule has 3 aromatic carbocycles. The van der Waals surface area contributed by atoms with Crippen molar-refractivity contribution in [2.24, 2.45) is 0 Å². The zero-order chi connectivity index (χ0) is 29.7. The molecular formula is C31H32N2O7S. The number of methoxy groups -OCH3 is 2. The molecule has 0 aliphatic heterocycles. The quantitative estimate of drug-likeness (QED) is 0.154. The molecule has 10 heteroatoms. The Morgan fingerprint density at radius 3 is 2.05 bits per heavy atom. The minimum Gasteiger partial charge on any atom is -0.497 e. The molecule has 1 N–H and O–H groups in total. The van der Waals surface area contributed by atoms with Crippen LogP contribution in [0.15, 0.2) is 60.2 Å². The molecule has 214 valence electrons. The van der Waals surface area contributed by atoms with E-state index in [1.54, 1.807) is 54.6 Å². The Kier molecular flexibility index (Phi) is 9.24. The Labute approximate surface area is 242 Å². The molecule has 0 saturated heterocycles. The SMILES string of the molecule is COc1ccc(C(=O)/C(Cc2cc(OC)c(OC(C)C)c(OC(C)C)c2)=C(\C(=O)O)c2ccc3nsnc3c2)cc1. The molecule has 0 spiro atoms. The topological polar surface area (TPSA) is 117 Å². The number of ether oxygens (including phenoxy) is 4. The summed E-state index contributed by atoms with van der Waals surface area (Å²) < 4.78 is 31.4. The van der Waals surface area contributed by atoms with Gasteiger partial charge in [-0.1, -0.05) is 6.07 Å². The van der Waals surface area contributed by atoms with Crippen molar-refractivity contribution < 1.29 is 33.6 Å². The average Bonchev–Trinajstić information content (AvgIpc) is 3.41. The molecule has 0 unspecified atom stereocenters. The van der Waals surface area contributed by atoms with Crippen LogP contribution in [-0.2, 0) is 11.2 Å². The predicted molar refractivity (Wildman–Crippen MR) is 158 cm³/mol. The number of hydrogen-bond acceptors (Lipinski definition) is 9. The Morgan fingerprint density at radius 1 is 0.805 bits per heavy atom. The number of carboxylic acid groups (broad SMARTS) is 1. The summed E-state index contributed by atoms with van der Waals surface area (Å²) in [6.45, 7) is 7.58. The van der Waals surface area contributed by atoms with Gasteiger partial charge in [-0.2, -0.15) is 8.75 Å². The molecule has 0 bridgehead atoms. The van der Waals surface area contributed by atoms with Crippen LogP contribution in [0.2, 0.25) is 0 Å². The number of fused-ring (bicyclic) bond motifs is 1. The standard InChI is InChI=1S/C31H32N2O7S/c1-17(2)39-27-15-19(14-26(38-6)30(27)40-18(3)4)13-23(29(34)20-7-10-22(37-5)11-8-20)28(31(35)36)21-9-12-24-25(16-21)33-41-32-24/h7-12,14-18H,13H2,1-6H3,(H,35,36)/b28-23-. The highest BCUT2D eigenvalue weighted by Gasteiger charge is 2.26. The fraction of sp³-hybridized carbons (Fsp3) is 0.290. The highest BCUT2D eigenvalue weighted by Crippen LogP contribution is 2.41. The normalized spacial score (nSPS) is 11.9. The number of allylic oxidation sites excluding steroid dienone is 1. The van der Waals surface area contributed by atoms with Crippen molar-refractivity contribution in [1.29, 1.82) is 0 Å². The highest BCUT2D eigenvalue weighted by molar-refractivity contribution is 7.00. The van der Waals surface area contributed by atoms with Crippen molar-refractivity contribution >= 4 is 40.1 Å². The summed E-state index contributed by atoms with van der Waals surface area (Å²) in [5, 5.41) is 10.5. The molecule has 0 aliphatic carbocycles. The Morgan fingerprint density at radius 2 is 1.44 bits per heavy atom. The first-order valence-electron chi connectivity index (χ1n) is 13.0. The van der Waals surface area contributed by atoms with Gasteiger partial charge < -0.3 is 24.1 Å². The summed E-state index contributed by atoms with van der Waals surface area (Å²) >= 11 is 1.03. The van der Waals surface area contributed by atoms with Gasteiger partial charge in [-0.3, -0.25) is 4.79 Å². The number of aliphatic carboxylic acids is 1. The van der Waals surface area contributed by atoms with Gasteiger partial charge in [0.25, 0.3) is 0 Å². The summed E-state index contributed by atoms with van der Waals surface area (Å²) in [5.41, 5.74) is 2.43. The number of carboxylic acids is 1. The van der Waals surface area contributed by atoms with E-state index in [4.69, 9.17) is 18.9 Å². The minimum atomic E-state index is -1.24. The molecule has 0 radical (unpaired) electrons. The third-order valence-electron chi connectivity index (χ3n) is 6.08. The van der Waals surface area contributed by atoms with Crippen molar-refractivity contribution in [3.8, 4) is 23.0 Å². The number of Topliss-reactive ketones (excluding diaryl/α,β-unsaturated/α-hetero) is 1. The molecule has 0 atom stereocenters.